The fourth-order valence-electron chi connectivity index (χ4n) is 0.965. The summed E-state index contributed by atoms with van der Waals surface area (Å²) in [6, 6.07) is 0. The van der Waals surface area contributed by atoms with Gasteiger partial charge in [0.05, 0.1) is 6.61 Å². The first kappa shape index (κ1) is 10.9. The van der Waals surface area contributed by atoms with E-state index in [1.165, 1.54) is 6.54 Å². The normalized spacial score (nSPS) is 17.7. The molecule has 1 rings (SSSR count). The molecule has 3 heteroatoms. The van der Waals surface area contributed by atoms with Crippen molar-refractivity contribution >= 4 is 0 Å². The van der Waals surface area contributed by atoms with Gasteiger partial charge in [0.15, 0.2) is 0 Å². The molecule has 1 heterocycles. The van der Waals surface area contributed by atoms with E-state index in [9.17, 15) is 0 Å². The molecule has 1 aliphatic heterocycles. The molecule has 1 N–H and O–H groups in total. The van der Waals surface area contributed by atoms with E-state index in [0.717, 1.165) is 26.4 Å². The number of rotatable bonds is 3. The van der Waals surface area contributed by atoms with Crippen molar-refractivity contribution in [2.45, 2.75) is 13.8 Å². The zero-order valence-corrected chi connectivity index (χ0v) is 7.89. The van der Waals surface area contributed by atoms with E-state index in [2.05, 4.69) is 10.2 Å². The molecule has 0 aromatic rings. The Bertz CT molecular complexity index is 72.5. The first-order valence-corrected chi connectivity index (χ1v) is 4.35. The lowest BCUT2D eigenvalue weighted by atomic mass is 10.5. The Kier molecular flexibility index (Phi) is 7.89. The minimum atomic E-state index is 0.849. The Balaban J connectivity index is 0.000000461. The van der Waals surface area contributed by atoms with Crippen LogP contribution >= 0.6 is 0 Å². The van der Waals surface area contributed by atoms with E-state index in [1.807, 2.05) is 13.8 Å². The van der Waals surface area contributed by atoms with Crippen molar-refractivity contribution in [1.29, 1.82) is 0 Å². The van der Waals surface area contributed by atoms with Gasteiger partial charge in [0.2, 0.25) is 0 Å². The first-order chi connectivity index (χ1) is 5.43. The minimum absolute atomic E-state index is 0.849. The molecule has 0 saturated carbocycles. The van der Waals surface area contributed by atoms with Crippen LogP contribution in [0.1, 0.15) is 13.8 Å². The second-order valence-corrected chi connectivity index (χ2v) is 2.27. The molecule has 0 radical (unpaired) electrons. The van der Waals surface area contributed by atoms with Crippen LogP contribution in [0, 0.1) is 0 Å². The fraction of sp³-hybridized carbons (Fsp3) is 1.00. The van der Waals surface area contributed by atoms with Crippen LogP contribution in [0.4, 0.5) is 0 Å². The monoisotopic (exact) mass is 160 g/mol. The summed E-state index contributed by atoms with van der Waals surface area (Å²) in [6.45, 7) is 9.24. The molecule has 3 nitrogen and oxygen atoms in total. The highest BCUT2D eigenvalue weighted by molar-refractivity contribution is 4.64. The average Bonchev–Trinajstić information content (AvgIpc) is 2.57. The lowest BCUT2D eigenvalue weighted by molar-refractivity contribution is 0.160. The number of nitrogens with zero attached hydrogens (tertiary/aromatic N) is 1. The van der Waals surface area contributed by atoms with Crippen LogP contribution in [-0.4, -0.2) is 44.9 Å². The van der Waals surface area contributed by atoms with E-state index in [0.29, 0.717) is 0 Å². The number of nitrogens with one attached hydrogen (secondary N) is 1. The van der Waals surface area contributed by atoms with E-state index in [1.54, 1.807) is 7.11 Å². The molecule has 0 aliphatic carbocycles. The molecular formula is C8H20N2O. The molecule has 0 amide bonds. The summed E-state index contributed by atoms with van der Waals surface area (Å²) in [5.74, 6) is 0. The van der Waals surface area contributed by atoms with Crippen LogP contribution in [0.2, 0.25) is 0 Å². The maximum atomic E-state index is 4.93. The standard InChI is InChI=1S/C6H14N2O.C2H6/c1-9-5-4-8-3-2-7-6-8;1-2/h7H,2-6H2,1H3;1-2H3. The van der Waals surface area contributed by atoms with E-state index < -0.39 is 0 Å². The van der Waals surface area contributed by atoms with Gasteiger partial charge in [-0.05, 0) is 0 Å². The van der Waals surface area contributed by atoms with Gasteiger partial charge < -0.3 is 10.1 Å². The van der Waals surface area contributed by atoms with Crippen LogP contribution < -0.4 is 5.32 Å². The Morgan fingerprint density at radius 2 is 2.18 bits per heavy atom. The smallest absolute Gasteiger partial charge is 0.0590 e. The minimum Gasteiger partial charge on any atom is -0.383 e. The van der Waals surface area contributed by atoms with Gasteiger partial charge in [-0.1, -0.05) is 13.8 Å². The summed E-state index contributed by atoms with van der Waals surface area (Å²) >= 11 is 0. The Morgan fingerprint density at radius 1 is 1.45 bits per heavy atom. The first-order valence-electron chi connectivity index (χ1n) is 4.35. The molecule has 0 aromatic heterocycles. The molecule has 0 bridgehead atoms. The number of methoxy groups -OCH3 is 1. The largest absolute Gasteiger partial charge is 0.383 e. The summed E-state index contributed by atoms with van der Waals surface area (Å²) in [7, 11) is 1.74. The highest BCUT2D eigenvalue weighted by Gasteiger charge is 2.08. The predicted molar refractivity (Wildman–Crippen MR) is 47.7 cm³/mol. The second-order valence-electron chi connectivity index (χ2n) is 2.27. The number of hydrogen-bond acceptors (Lipinski definition) is 3. The van der Waals surface area contributed by atoms with E-state index >= 15 is 0 Å². The van der Waals surface area contributed by atoms with Crippen molar-refractivity contribution in [3.05, 3.63) is 0 Å². The number of hydrogen-bond donors (Lipinski definition) is 1. The summed E-state index contributed by atoms with van der Waals surface area (Å²) in [5, 5.41) is 3.25. The van der Waals surface area contributed by atoms with Crippen LogP contribution in [0.15, 0.2) is 0 Å². The summed E-state index contributed by atoms with van der Waals surface area (Å²) in [6.07, 6.45) is 0. The molecule has 11 heavy (non-hydrogen) atoms. The zero-order valence-electron chi connectivity index (χ0n) is 7.89. The van der Waals surface area contributed by atoms with Crippen LogP contribution in [-0.2, 0) is 4.74 Å². The van der Waals surface area contributed by atoms with Crippen molar-refractivity contribution in [1.82, 2.24) is 10.2 Å². The van der Waals surface area contributed by atoms with Crippen molar-refractivity contribution in [3.63, 3.8) is 0 Å². The maximum Gasteiger partial charge on any atom is 0.0590 e. The molecule has 0 atom stereocenters. The van der Waals surface area contributed by atoms with Gasteiger partial charge in [-0.2, -0.15) is 0 Å². The topological polar surface area (TPSA) is 24.5 Å². The molecule has 1 saturated heterocycles. The third-order valence-electron chi connectivity index (χ3n) is 1.55. The van der Waals surface area contributed by atoms with Gasteiger partial charge in [-0.15, -0.1) is 0 Å². The van der Waals surface area contributed by atoms with Crippen LogP contribution in [0.5, 0.6) is 0 Å². The molecule has 68 valence electrons. The molecule has 0 spiro atoms. The van der Waals surface area contributed by atoms with Crippen LogP contribution in [0.25, 0.3) is 0 Å². The van der Waals surface area contributed by atoms with Gasteiger partial charge in [-0.25, -0.2) is 0 Å². The van der Waals surface area contributed by atoms with Crippen molar-refractivity contribution < 1.29 is 4.74 Å². The molecule has 1 aliphatic rings. The Hall–Kier alpha value is -0.120. The zero-order chi connectivity index (χ0) is 8.53. The van der Waals surface area contributed by atoms with Gasteiger partial charge in [-0.3, -0.25) is 4.90 Å². The van der Waals surface area contributed by atoms with Gasteiger partial charge in [0.25, 0.3) is 0 Å². The highest BCUT2D eigenvalue weighted by atomic mass is 16.5. The Labute approximate surface area is 69.7 Å². The maximum absolute atomic E-state index is 4.93. The summed E-state index contributed by atoms with van der Waals surface area (Å²) in [4.78, 5) is 2.34. The SMILES string of the molecule is CC.COCCN1CCNC1. The third-order valence-corrected chi connectivity index (χ3v) is 1.55. The lowest BCUT2D eigenvalue weighted by Crippen LogP contribution is -2.25. The van der Waals surface area contributed by atoms with Crippen LogP contribution in [0.3, 0.4) is 0 Å². The molecule has 0 aromatic carbocycles. The van der Waals surface area contributed by atoms with Gasteiger partial charge in [0, 0.05) is 33.4 Å². The summed E-state index contributed by atoms with van der Waals surface area (Å²) in [5.41, 5.74) is 0. The van der Waals surface area contributed by atoms with Crippen molar-refractivity contribution in [2.75, 3.05) is 40.0 Å². The fourth-order valence-corrected chi connectivity index (χ4v) is 0.965. The highest BCUT2D eigenvalue weighted by Crippen LogP contribution is 1.90. The molecular weight excluding hydrogens is 140 g/mol. The van der Waals surface area contributed by atoms with Crippen molar-refractivity contribution in [2.24, 2.45) is 0 Å². The second kappa shape index (κ2) is 7.98. The predicted octanol–water partition coefficient (Wildman–Crippen LogP) is 0.522. The quantitative estimate of drug-likeness (QED) is 0.651. The van der Waals surface area contributed by atoms with Crippen molar-refractivity contribution in [3.8, 4) is 0 Å². The molecule has 0 unspecified atom stereocenters. The van der Waals surface area contributed by atoms with Gasteiger partial charge in [0.1, 0.15) is 0 Å². The average molecular weight is 160 g/mol. The van der Waals surface area contributed by atoms with Gasteiger partial charge >= 0.3 is 0 Å². The Morgan fingerprint density at radius 3 is 2.64 bits per heavy atom. The summed E-state index contributed by atoms with van der Waals surface area (Å²) < 4.78 is 4.93. The lowest BCUT2D eigenvalue weighted by Gasteiger charge is -2.11. The number of ether oxygens (including phenoxy) is 1. The molecule has 1 fully saturated rings. The van der Waals surface area contributed by atoms with E-state index in [4.69, 9.17) is 4.74 Å². The third kappa shape index (κ3) is 5.18. The van der Waals surface area contributed by atoms with E-state index in [-0.39, 0.29) is 0 Å².